The SMILES string of the molecule is CC(C)Cc1ccc(C(=O)C=Cc2ccc(C3CCCCC3)cc2)cc1. The van der Waals surface area contributed by atoms with Gasteiger partial charge >= 0.3 is 0 Å². The largest absolute Gasteiger partial charge is 0.289 e. The number of hydrogen-bond acceptors (Lipinski definition) is 1. The molecule has 1 aliphatic carbocycles. The van der Waals surface area contributed by atoms with E-state index in [1.807, 2.05) is 18.2 Å². The van der Waals surface area contributed by atoms with Crippen molar-refractivity contribution in [1.29, 1.82) is 0 Å². The molecule has 0 saturated heterocycles. The first-order valence-corrected chi connectivity index (χ1v) is 10.0. The van der Waals surface area contributed by atoms with E-state index in [4.69, 9.17) is 0 Å². The fourth-order valence-corrected chi connectivity index (χ4v) is 3.86. The lowest BCUT2D eigenvalue weighted by Gasteiger charge is -2.21. The molecule has 0 N–H and O–H groups in total. The van der Waals surface area contributed by atoms with Crippen molar-refractivity contribution in [3.8, 4) is 0 Å². The van der Waals surface area contributed by atoms with E-state index in [2.05, 4.69) is 50.2 Å². The molecule has 1 nitrogen and oxygen atoms in total. The highest BCUT2D eigenvalue weighted by atomic mass is 16.1. The van der Waals surface area contributed by atoms with E-state index in [1.54, 1.807) is 6.08 Å². The molecule has 0 aromatic heterocycles. The zero-order valence-corrected chi connectivity index (χ0v) is 16.1. The molecule has 0 atom stereocenters. The lowest BCUT2D eigenvalue weighted by atomic mass is 9.84. The molecule has 1 fully saturated rings. The van der Waals surface area contributed by atoms with Crippen LogP contribution in [0.3, 0.4) is 0 Å². The summed E-state index contributed by atoms with van der Waals surface area (Å²) in [4.78, 5) is 12.4. The summed E-state index contributed by atoms with van der Waals surface area (Å²) in [5.74, 6) is 1.43. The topological polar surface area (TPSA) is 17.1 Å². The lowest BCUT2D eigenvalue weighted by Crippen LogP contribution is -2.04. The van der Waals surface area contributed by atoms with E-state index < -0.39 is 0 Å². The van der Waals surface area contributed by atoms with Crippen molar-refractivity contribution in [3.63, 3.8) is 0 Å². The maximum absolute atomic E-state index is 12.4. The average molecular weight is 347 g/mol. The summed E-state index contributed by atoms with van der Waals surface area (Å²) in [5.41, 5.74) is 4.59. The monoisotopic (exact) mass is 346 g/mol. The van der Waals surface area contributed by atoms with E-state index in [0.717, 1.165) is 23.5 Å². The van der Waals surface area contributed by atoms with Gasteiger partial charge in [0.25, 0.3) is 0 Å². The summed E-state index contributed by atoms with van der Waals surface area (Å²) in [6, 6.07) is 16.8. The second-order valence-corrected chi connectivity index (χ2v) is 7.99. The first-order chi connectivity index (χ1) is 12.6. The number of hydrogen-bond donors (Lipinski definition) is 0. The van der Waals surface area contributed by atoms with Gasteiger partial charge in [0, 0.05) is 5.56 Å². The van der Waals surface area contributed by atoms with Crippen LogP contribution in [0.4, 0.5) is 0 Å². The Morgan fingerprint density at radius 2 is 1.62 bits per heavy atom. The maximum atomic E-state index is 12.4. The summed E-state index contributed by atoms with van der Waals surface area (Å²) >= 11 is 0. The molecule has 0 heterocycles. The predicted octanol–water partition coefficient (Wildman–Crippen LogP) is 6.83. The number of carbonyl (C=O) groups is 1. The van der Waals surface area contributed by atoms with Crippen LogP contribution in [0.5, 0.6) is 0 Å². The van der Waals surface area contributed by atoms with Crippen LogP contribution in [-0.4, -0.2) is 5.78 Å². The molecule has 0 spiro atoms. The Balaban J connectivity index is 1.60. The molecule has 1 heteroatoms. The molecule has 1 aliphatic rings. The number of allylic oxidation sites excluding steroid dienone is 1. The fourth-order valence-electron chi connectivity index (χ4n) is 3.86. The van der Waals surface area contributed by atoms with Gasteiger partial charge in [-0.25, -0.2) is 0 Å². The Hall–Kier alpha value is -2.15. The Morgan fingerprint density at radius 1 is 0.962 bits per heavy atom. The number of ketones is 1. The molecular weight excluding hydrogens is 316 g/mol. The van der Waals surface area contributed by atoms with Crippen molar-refractivity contribution < 1.29 is 4.79 Å². The minimum Gasteiger partial charge on any atom is -0.289 e. The number of benzene rings is 2. The van der Waals surface area contributed by atoms with Gasteiger partial charge in [0.1, 0.15) is 0 Å². The smallest absolute Gasteiger partial charge is 0.185 e. The van der Waals surface area contributed by atoms with E-state index in [1.165, 1.54) is 43.2 Å². The van der Waals surface area contributed by atoms with E-state index in [0.29, 0.717) is 5.92 Å². The van der Waals surface area contributed by atoms with Gasteiger partial charge in [-0.1, -0.05) is 87.7 Å². The third-order valence-corrected chi connectivity index (χ3v) is 5.32. The van der Waals surface area contributed by atoms with Crippen LogP contribution in [-0.2, 0) is 6.42 Å². The molecule has 3 rings (SSSR count). The minimum absolute atomic E-state index is 0.0671. The normalized spacial score (nSPS) is 15.7. The van der Waals surface area contributed by atoms with E-state index in [-0.39, 0.29) is 5.78 Å². The molecule has 1 saturated carbocycles. The Labute approximate surface area is 158 Å². The quantitative estimate of drug-likeness (QED) is 0.414. The molecular formula is C25H30O. The molecule has 136 valence electrons. The molecule has 0 aliphatic heterocycles. The highest BCUT2D eigenvalue weighted by Gasteiger charge is 2.14. The van der Waals surface area contributed by atoms with E-state index in [9.17, 15) is 4.79 Å². The maximum Gasteiger partial charge on any atom is 0.185 e. The highest BCUT2D eigenvalue weighted by molar-refractivity contribution is 6.06. The average Bonchev–Trinajstić information content (AvgIpc) is 2.67. The van der Waals surface area contributed by atoms with Gasteiger partial charge in [-0.05, 0) is 53.9 Å². The zero-order valence-electron chi connectivity index (χ0n) is 16.1. The first kappa shape index (κ1) is 18.6. The fraction of sp³-hybridized carbons (Fsp3) is 0.400. The van der Waals surface area contributed by atoms with Crippen LogP contribution in [0.15, 0.2) is 54.6 Å². The van der Waals surface area contributed by atoms with Gasteiger partial charge < -0.3 is 0 Å². The van der Waals surface area contributed by atoms with Crippen LogP contribution in [0, 0.1) is 5.92 Å². The summed E-state index contributed by atoms with van der Waals surface area (Å²) in [6.07, 6.45) is 11.4. The summed E-state index contributed by atoms with van der Waals surface area (Å²) in [5, 5.41) is 0. The lowest BCUT2D eigenvalue weighted by molar-refractivity contribution is 0.104. The molecule has 0 bridgehead atoms. The standard InChI is InChI=1S/C25H30O/c1-19(2)18-21-10-15-24(16-11-21)25(26)17-12-20-8-13-23(14-9-20)22-6-4-3-5-7-22/h8-17,19,22H,3-7,18H2,1-2H3. The Bertz CT molecular complexity index is 729. The second-order valence-electron chi connectivity index (χ2n) is 7.99. The van der Waals surface area contributed by atoms with Crippen LogP contribution in [0.2, 0.25) is 0 Å². The van der Waals surface area contributed by atoms with Gasteiger partial charge in [-0.15, -0.1) is 0 Å². The van der Waals surface area contributed by atoms with Crippen molar-refractivity contribution >= 4 is 11.9 Å². The second kappa shape index (κ2) is 8.98. The summed E-state index contributed by atoms with van der Waals surface area (Å²) in [7, 11) is 0. The van der Waals surface area contributed by atoms with Crippen LogP contribution in [0.1, 0.15) is 78.9 Å². The van der Waals surface area contributed by atoms with Gasteiger partial charge in [-0.3, -0.25) is 4.79 Å². The Kier molecular flexibility index (Phi) is 6.44. The molecule has 0 unspecified atom stereocenters. The van der Waals surface area contributed by atoms with Gasteiger partial charge in [0.05, 0.1) is 0 Å². The van der Waals surface area contributed by atoms with Crippen molar-refractivity contribution in [2.75, 3.05) is 0 Å². The minimum atomic E-state index is 0.0671. The summed E-state index contributed by atoms with van der Waals surface area (Å²) < 4.78 is 0. The van der Waals surface area contributed by atoms with Crippen LogP contribution in [0.25, 0.3) is 6.08 Å². The molecule has 26 heavy (non-hydrogen) atoms. The third kappa shape index (κ3) is 5.17. The van der Waals surface area contributed by atoms with E-state index >= 15 is 0 Å². The van der Waals surface area contributed by atoms with Gasteiger partial charge in [-0.2, -0.15) is 0 Å². The van der Waals surface area contributed by atoms with Crippen LogP contribution < -0.4 is 0 Å². The number of carbonyl (C=O) groups excluding carboxylic acids is 1. The highest BCUT2D eigenvalue weighted by Crippen LogP contribution is 2.32. The van der Waals surface area contributed by atoms with Crippen molar-refractivity contribution in [3.05, 3.63) is 76.9 Å². The first-order valence-electron chi connectivity index (χ1n) is 10.0. The van der Waals surface area contributed by atoms with Gasteiger partial charge in [0.15, 0.2) is 5.78 Å². The molecule has 0 amide bonds. The predicted molar refractivity (Wildman–Crippen MR) is 111 cm³/mol. The van der Waals surface area contributed by atoms with Crippen molar-refractivity contribution in [2.24, 2.45) is 5.92 Å². The van der Waals surface area contributed by atoms with Gasteiger partial charge in [0.2, 0.25) is 0 Å². The van der Waals surface area contributed by atoms with Crippen LogP contribution >= 0.6 is 0 Å². The zero-order chi connectivity index (χ0) is 18.4. The number of rotatable bonds is 6. The molecule has 2 aromatic carbocycles. The molecule has 0 radical (unpaired) electrons. The summed E-state index contributed by atoms with van der Waals surface area (Å²) in [6.45, 7) is 4.42. The Morgan fingerprint density at radius 3 is 2.23 bits per heavy atom. The molecule has 2 aromatic rings. The van der Waals surface area contributed by atoms with Crippen molar-refractivity contribution in [1.82, 2.24) is 0 Å². The van der Waals surface area contributed by atoms with Crippen molar-refractivity contribution in [2.45, 2.75) is 58.3 Å². The third-order valence-electron chi connectivity index (χ3n) is 5.32.